The van der Waals surface area contributed by atoms with Gasteiger partial charge in [0.15, 0.2) is 0 Å². The standard InChI is InChI=1S/C18H27NO3/c1-11-8-9-14(13-7-5-4-6-12(13)10-22-3)16-15(11)17(20)19(2)18(16)21/h8-9,11-16H,4-7,10H2,1-3H3/t11-,12+,13-,14-,15-,16+/m1/s1. The molecule has 3 rings (SSSR count). The Labute approximate surface area is 132 Å². The average molecular weight is 305 g/mol. The van der Waals surface area contributed by atoms with Gasteiger partial charge in [-0.3, -0.25) is 14.5 Å². The number of hydrogen-bond donors (Lipinski definition) is 0. The molecule has 1 saturated carbocycles. The van der Waals surface area contributed by atoms with Crippen molar-refractivity contribution in [1.29, 1.82) is 0 Å². The Balaban J connectivity index is 1.90. The number of rotatable bonds is 3. The second-order valence-electron chi connectivity index (χ2n) is 7.27. The highest BCUT2D eigenvalue weighted by atomic mass is 16.5. The van der Waals surface area contributed by atoms with Crippen molar-refractivity contribution in [3.05, 3.63) is 12.2 Å². The number of amides is 2. The maximum atomic E-state index is 12.7. The number of hydrogen-bond acceptors (Lipinski definition) is 3. The van der Waals surface area contributed by atoms with Gasteiger partial charge in [0, 0.05) is 20.8 Å². The fourth-order valence-corrected chi connectivity index (χ4v) is 4.94. The number of fused-ring (bicyclic) bond motifs is 1. The summed E-state index contributed by atoms with van der Waals surface area (Å²) in [5, 5.41) is 0. The third kappa shape index (κ3) is 2.41. The number of methoxy groups -OCH3 is 1. The van der Waals surface area contributed by atoms with E-state index in [-0.39, 0.29) is 35.5 Å². The summed E-state index contributed by atoms with van der Waals surface area (Å²) in [7, 11) is 3.39. The van der Waals surface area contributed by atoms with Crippen molar-refractivity contribution < 1.29 is 14.3 Å². The van der Waals surface area contributed by atoms with Crippen LogP contribution in [0.2, 0.25) is 0 Å². The van der Waals surface area contributed by atoms with Gasteiger partial charge in [-0.15, -0.1) is 0 Å². The van der Waals surface area contributed by atoms with Crippen molar-refractivity contribution in [3.8, 4) is 0 Å². The van der Waals surface area contributed by atoms with E-state index in [4.69, 9.17) is 4.74 Å². The molecule has 0 aromatic heterocycles. The van der Waals surface area contributed by atoms with Gasteiger partial charge in [-0.05, 0) is 36.5 Å². The minimum absolute atomic E-state index is 0.0101. The molecule has 0 bridgehead atoms. The molecule has 4 heteroatoms. The number of likely N-dealkylation sites (tertiary alicyclic amines) is 1. The minimum Gasteiger partial charge on any atom is -0.384 e. The molecule has 122 valence electrons. The summed E-state index contributed by atoms with van der Waals surface area (Å²) in [5.74, 6) is 1.06. The van der Waals surface area contributed by atoms with E-state index in [1.54, 1.807) is 14.2 Å². The Kier molecular flexibility index (Phi) is 4.40. The lowest BCUT2D eigenvalue weighted by Crippen LogP contribution is -2.40. The van der Waals surface area contributed by atoms with E-state index >= 15 is 0 Å². The Bertz CT molecular complexity index is 485. The normalized spacial score (nSPS) is 41.9. The number of carbonyl (C=O) groups is 2. The van der Waals surface area contributed by atoms with Gasteiger partial charge in [-0.2, -0.15) is 0 Å². The van der Waals surface area contributed by atoms with Crippen molar-refractivity contribution in [3.63, 3.8) is 0 Å². The Morgan fingerprint density at radius 2 is 1.82 bits per heavy atom. The molecule has 1 heterocycles. The van der Waals surface area contributed by atoms with Crippen LogP contribution < -0.4 is 0 Å². The highest BCUT2D eigenvalue weighted by Crippen LogP contribution is 2.48. The summed E-state index contributed by atoms with van der Waals surface area (Å²) in [4.78, 5) is 26.5. The molecule has 6 atom stereocenters. The lowest BCUT2D eigenvalue weighted by atomic mass is 9.62. The van der Waals surface area contributed by atoms with Gasteiger partial charge >= 0.3 is 0 Å². The maximum absolute atomic E-state index is 12.7. The van der Waals surface area contributed by atoms with E-state index in [1.807, 2.05) is 0 Å². The smallest absolute Gasteiger partial charge is 0.233 e. The summed E-state index contributed by atoms with van der Waals surface area (Å²) >= 11 is 0. The molecule has 0 aromatic rings. The SMILES string of the molecule is COC[C@@H]1CCCC[C@H]1[C@H]1C=C[C@@H](C)[C@H]2C(=O)N(C)C(=O)[C@@H]12. The Morgan fingerprint density at radius 1 is 1.14 bits per heavy atom. The molecule has 0 spiro atoms. The molecule has 1 aliphatic heterocycles. The third-order valence-electron chi connectivity index (χ3n) is 6.08. The predicted octanol–water partition coefficient (Wildman–Crippen LogP) is 2.49. The molecular weight excluding hydrogens is 278 g/mol. The van der Waals surface area contributed by atoms with E-state index in [0.717, 1.165) is 13.0 Å². The first-order valence-electron chi connectivity index (χ1n) is 8.55. The maximum Gasteiger partial charge on any atom is 0.233 e. The van der Waals surface area contributed by atoms with E-state index in [2.05, 4.69) is 19.1 Å². The van der Waals surface area contributed by atoms with E-state index in [0.29, 0.717) is 11.8 Å². The van der Waals surface area contributed by atoms with Gasteiger partial charge in [0.2, 0.25) is 11.8 Å². The molecule has 0 N–H and O–H groups in total. The summed E-state index contributed by atoms with van der Waals surface area (Å²) < 4.78 is 5.42. The zero-order chi connectivity index (χ0) is 15.9. The molecule has 3 aliphatic rings. The fraction of sp³-hybridized carbons (Fsp3) is 0.778. The van der Waals surface area contributed by atoms with Crippen LogP contribution in [0, 0.1) is 35.5 Å². The molecule has 2 amide bonds. The van der Waals surface area contributed by atoms with Gasteiger partial charge in [-0.25, -0.2) is 0 Å². The second kappa shape index (κ2) is 6.15. The zero-order valence-electron chi connectivity index (χ0n) is 13.8. The van der Waals surface area contributed by atoms with Crippen LogP contribution >= 0.6 is 0 Å². The van der Waals surface area contributed by atoms with Crippen LogP contribution in [0.4, 0.5) is 0 Å². The molecular formula is C18H27NO3. The van der Waals surface area contributed by atoms with Crippen molar-refractivity contribution >= 4 is 11.8 Å². The monoisotopic (exact) mass is 305 g/mol. The van der Waals surface area contributed by atoms with Crippen LogP contribution in [0.1, 0.15) is 32.6 Å². The largest absolute Gasteiger partial charge is 0.384 e. The van der Waals surface area contributed by atoms with Gasteiger partial charge in [0.25, 0.3) is 0 Å². The summed E-state index contributed by atoms with van der Waals surface area (Å²) in [6, 6.07) is 0. The second-order valence-corrected chi connectivity index (χ2v) is 7.27. The van der Waals surface area contributed by atoms with E-state index < -0.39 is 0 Å². The van der Waals surface area contributed by atoms with E-state index in [9.17, 15) is 9.59 Å². The van der Waals surface area contributed by atoms with Crippen LogP contribution in [0.25, 0.3) is 0 Å². The van der Waals surface area contributed by atoms with Crippen LogP contribution in [0.5, 0.6) is 0 Å². The summed E-state index contributed by atoms with van der Waals surface area (Å²) in [5.41, 5.74) is 0. The van der Waals surface area contributed by atoms with Crippen molar-refractivity contribution in [2.75, 3.05) is 20.8 Å². The minimum atomic E-state index is -0.155. The summed E-state index contributed by atoms with van der Waals surface area (Å²) in [6.07, 6.45) is 9.18. The van der Waals surface area contributed by atoms with Gasteiger partial charge < -0.3 is 4.74 Å². The third-order valence-corrected chi connectivity index (χ3v) is 6.08. The molecule has 0 aromatic carbocycles. The number of ether oxygens (including phenoxy) is 1. The molecule has 4 nitrogen and oxygen atoms in total. The molecule has 22 heavy (non-hydrogen) atoms. The molecule has 2 aliphatic carbocycles. The van der Waals surface area contributed by atoms with Crippen molar-refractivity contribution in [1.82, 2.24) is 4.90 Å². The topological polar surface area (TPSA) is 46.6 Å². The van der Waals surface area contributed by atoms with Gasteiger partial charge in [0.05, 0.1) is 11.8 Å². The van der Waals surface area contributed by atoms with Gasteiger partial charge in [0.1, 0.15) is 0 Å². The van der Waals surface area contributed by atoms with Crippen molar-refractivity contribution in [2.45, 2.75) is 32.6 Å². The quantitative estimate of drug-likeness (QED) is 0.594. The Hall–Kier alpha value is -1.16. The highest BCUT2D eigenvalue weighted by Gasteiger charge is 2.54. The van der Waals surface area contributed by atoms with Gasteiger partial charge in [-0.1, -0.05) is 31.9 Å². The van der Waals surface area contributed by atoms with Crippen LogP contribution in [-0.2, 0) is 14.3 Å². The van der Waals surface area contributed by atoms with Crippen LogP contribution in [-0.4, -0.2) is 37.5 Å². The highest BCUT2D eigenvalue weighted by molar-refractivity contribution is 6.05. The lowest BCUT2D eigenvalue weighted by molar-refractivity contribution is -0.138. The number of carbonyl (C=O) groups excluding carboxylic acids is 2. The zero-order valence-corrected chi connectivity index (χ0v) is 13.8. The van der Waals surface area contributed by atoms with E-state index in [1.165, 1.54) is 24.2 Å². The number of imide groups is 1. The first kappa shape index (κ1) is 15.7. The molecule has 0 unspecified atom stereocenters. The summed E-state index contributed by atoms with van der Waals surface area (Å²) in [6.45, 7) is 2.82. The first-order chi connectivity index (χ1) is 10.6. The van der Waals surface area contributed by atoms with Crippen LogP contribution in [0.3, 0.4) is 0 Å². The number of allylic oxidation sites excluding steroid dienone is 2. The van der Waals surface area contributed by atoms with Crippen molar-refractivity contribution in [2.24, 2.45) is 35.5 Å². The molecule has 2 fully saturated rings. The fourth-order valence-electron chi connectivity index (χ4n) is 4.94. The number of nitrogens with zero attached hydrogens (tertiary/aromatic N) is 1. The first-order valence-corrected chi connectivity index (χ1v) is 8.55. The lowest BCUT2D eigenvalue weighted by Gasteiger charge is -2.41. The Morgan fingerprint density at radius 3 is 2.55 bits per heavy atom. The predicted molar refractivity (Wildman–Crippen MR) is 83.9 cm³/mol. The average Bonchev–Trinajstić information content (AvgIpc) is 2.75. The molecule has 1 saturated heterocycles. The van der Waals surface area contributed by atoms with Crippen LogP contribution in [0.15, 0.2) is 12.2 Å². The molecule has 0 radical (unpaired) electrons.